The van der Waals surface area contributed by atoms with Crippen molar-refractivity contribution < 1.29 is 23.0 Å². The summed E-state index contributed by atoms with van der Waals surface area (Å²) in [5.41, 5.74) is -2.10. The Morgan fingerprint density at radius 2 is 2.00 bits per heavy atom. The van der Waals surface area contributed by atoms with E-state index in [4.69, 9.17) is 16.3 Å². The predicted octanol–water partition coefficient (Wildman–Crippen LogP) is 3.14. The van der Waals surface area contributed by atoms with E-state index < -0.39 is 17.5 Å². The molecule has 1 aromatic heterocycles. The highest BCUT2D eigenvalue weighted by atomic mass is 35.5. The van der Waals surface area contributed by atoms with Gasteiger partial charge in [0.25, 0.3) is 0 Å². The fourth-order valence-corrected chi connectivity index (χ4v) is 2.47. The fourth-order valence-electron chi connectivity index (χ4n) is 2.14. The van der Waals surface area contributed by atoms with Crippen molar-refractivity contribution in [2.75, 3.05) is 13.2 Å². The van der Waals surface area contributed by atoms with Crippen molar-refractivity contribution in [1.29, 1.82) is 0 Å². The molecule has 0 spiro atoms. The number of halogens is 4. The van der Waals surface area contributed by atoms with Gasteiger partial charge in [0, 0.05) is 25.2 Å². The zero-order valence-electron chi connectivity index (χ0n) is 10.0. The summed E-state index contributed by atoms with van der Waals surface area (Å²) in [7, 11) is 0. The smallest absolute Gasteiger partial charge is 0.385 e. The highest BCUT2D eigenvalue weighted by Crippen LogP contribution is 2.37. The van der Waals surface area contributed by atoms with Crippen LogP contribution in [-0.4, -0.2) is 23.3 Å². The van der Waals surface area contributed by atoms with Crippen LogP contribution in [0.2, 0.25) is 5.15 Å². The van der Waals surface area contributed by atoms with E-state index >= 15 is 0 Å². The third kappa shape index (κ3) is 3.19. The lowest BCUT2D eigenvalue weighted by atomic mass is 9.88. The van der Waals surface area contributed by atoms with Crippen LogP contribution < -0.4 is 0 Å². The Kier molecular flexibility index (Phi) is 4.03. The summed E-state index contributed by atoms with van der Waals surface area (Å²) in [6.45, 7) is 0.863. The third-order valence-electron chi connectivity index (χ3n) is 3.18. The second-order valence-corrected chi connectivity index (χ2v) is 4.89. The summed E-state index contributed by atoms with van der Waals surface area (Å²) >= 11 is 5.80. The van der Waals surface area contributed by atoms with Crippen molar-refractivity contribution in [3.8, 4) is 0 Å². The number of pyridine rings is 1. The van der Waals surface area contributed by atoms with Crippen LogP contribution in [0.15, 0.2) is 12.1 Å². The summed E-state index contributed by atoms with van der Waals surface area (Å²) in [5, 5.41) is 10.2. The van der Waals surface area contributed by atoms with Crippen LogP contribution in [0.25, 0.3) is 0 Å². The molecule has 2 heterocycles. The van der Waals surface area contributed by atoms with Gasteiger partial charge in [-0.2, -0.15) is 13.2 Å². The Bertz CT molecular complexity index is 457. The van der Waals surface area contributed by atoms with Crippen molar-refractivity contribution in [3.63, 3.8) is 0 Å². The van der Waals surface area contributed by atoms with Gasteiger partial charge in [-0.15, -0.1) is 0 Å². The molecule has 1 fully saturated rings. The largest absolute Gasteiger partial charge is 0.433 e. The topological polar surface area (TPSA) is 42.4 Å². The summed E-state index contributed by atoms with van der Waals surface area (Å²) in [5.74, 6) is 0. The fraction of sp³-hybridized carbons (Fsp3) is 0.583. The molecule has 0 aromatic carbocycles. The van der Waals surface area contributed by atoms with Crippen molar-refractivity contribution in [1.82, 2.24) is 4.98 Å². The van der Waals surface area contributed by atoms with Gasteiger partial charge in [-0.05, 0) is 18.9 Å². The van der Waals surface area contributed by atoms with E-state index in [0.717, 1.165) is 6.07 Å². The molecule has 1 aliphatic rings. The van der Waals surface area contributed by atoms with Crippen LogP contribution in [0, 0.1) is 0 Å². The van der Waals surface area contributed by atoms with Crippen molar-refractivity contribution in [2.45, 2.75) is 31.0 Å². The van der Waals surface area contributed by atoms with Gasteiger partial charge in [-0.3, -0.25) is 0 Å². The maximum absolute atomic E-state index is 12.5. The highest BCUT2D eigenvalue weighted by molar-refractivity contribution is 6.30. The molecular weight excluding hydrogens is 283 g/mol. The number of ether oxygens (including phenoxy) is 1. The molecule has 1 unspecified atom stereocenters. The van der Waals surface area contributed by atoms with Gasteiger partial charge >= 0.3 is 6.18 Å². The van der Waals surface area contributed by atoms with E-state index in [2.05, 4.69) is 4.98 Å². The molecule has 19 heavy (non-hydrogen) atoms. The van der Waals surface area contributed by atoms with Gasteiger partial charge < -0.3 is 9.84 Å². The molecule has 3 nitrogen and oxygen atoms in total. The van der Waals surface area contributed by atoms with E-state index in [-0.39, 0.29) is 10.7 Å². The molecule has 0 bridgehead atoms. The Morgan fingerprint density at radius 3 is 2.63 bits per heavy atom. The predicted molar refractivity (Wildman–Crippen MR) is 62.8 cm³/mol. The number of hydrogen-bond donors (Lipinski definition) is 1. The quantitative estimate of drug-likeness (QED) is 0.809. The van der Waals surface area contributed by atoms with Crippen molar-refractivity contribution in [2.24, 2.45) is 0 Å². The Morgan fingerprint density at radius 1 is 1.26 bits per heavy atom. The molecule has 0 radical (unpaired) electrons. The highest BCUT2D eigenvalue weighted by Gasteiger charge is 2.37. The summed E-state index contributed by atoms with van der Waals surface area (Å²) in [6.07, 6.45) is -3.25. The first kappa shape index (κ1) is 14.6. The van der Waals surface area contributed by atoms with Gasteiger partial charge in [-0.25, -0.2) is 4.98 Å². The molecule has 0 amide bonds. The summed E-state index contributed by atoms with van der Waals surface area (Å²) in [4.78, 5) is 3.34. The van der Waals surface area contributed by atoms with Gasteiger partial charge in [-0.1, -0.05) is 17.7 Å². The van der Waals surface area contributed by atoms with Gasteiger partial charge in [0.05, 0.1) is 5.60 Å². The van der Waals surface area contributed by atoms with Crippen LogP contribution in [0.5, 0.6) is 0 Å². The lowest BCUT2D eigenvalue weighted by Gasteiger charge is -2.27. The SMILES string of the molecule is OC1(c2ccc(C(F)(F)F)nc2Cl)CCCOCC1. The average molecular weight is 296 g/mol. The lowest BCUT2D eigenvalue weighted by Crippen LogP contribution is -2.27. The van der Waals surface area contributed by atoms with E-state index in [1.165, 1.54) is 6.07 Å². The summed E-state index contributed by atoms with van der Waals surface area (Å²) < 4.78 is 42.7. The zero-order valence-corrected chi connectivity index (χ0v) is 10.8. The van der Waals surface area contributed by atoms with E-state index in [1.54, 1.807) is 0 Å². The molecule has 106 valence electrons. The number of hydrogen-bond acceptors (Lipinski definition) is 3. The minimum atomic E-state index is -4.54. The van der Waals surface area contributed by atoms with Crippen LogP contribution in [0.1, 0.15) is 30.5 Å². The molecule has 7 heteroatoms. The van der Waals surface area contributed by atoms with Crippen LogP contribution in [0.3, 0.4) is 0 Å². The molecule has 1 atom stereocenters. The maximum Gasteiger partial charge on any atom is 0.433 e. The Hall–Kier alpha value is -0.850. The molecule has 2 rings (SSSR count). The number of rotatable bonds is 1. The van der Waals surface area contributed by atoms with Gasteiger partial charge in [0.1, 0.15) is 10.8 Å². The Labute approximate surface area is 113 Å². The molecule has 1 aliphatic heterocycles. The van der Waals surface area contributed by atoms with Gasteiger partial charge in [0.2, 0.25) is 0 Å². The van der Waals surface area contributed by atoms with Crippen LogP contribution >= 0.6 is 11.6 Å². The molecule has 1 saturated heterocycles. The maximum atomic E-state index is 12.5. The first-order chi connectivity index (χ1) is 8.83. The Balaban J connectivity index is 2.34. The molecule has 1 N–H and O–H groups in total. The first-order valence-electron chi connectivity index (χ1n) is 5.87. The standard InChI is InChI=1S/C12H13ClF3NO2/c13-10-8(2-3-9(17-10)12(14,15)16)11(18)4-1-6-19-7-5-11/h2-3,18H,1,4-7H2. The second-order valence-electron chi connectivity index (χ2n) is 4.53. The average Bonchev–Trinajstić information content (AvgIpc) is 2.53. The molecule has 0 saturated carbocycles. The van der Waals surface area contributed by atoms with Crippen LogP contribution in [-0.2, 0) is 16.5 Å². The number of nitrogens with zero attached hydrogens (tertiary/aromatic N) is 1. The molecular formula is C12H13ClF3NO2. The van der Waals surface area contributed by atoms with Crippen molar-refractivity contribution >= 4 is 11.6 Å². The monoisotopic (exact) mass is 295 g/mol. The molecule has 0 aliphatic carbocycles. The normalized spacial score (nSPS) is 25.1. The minimum absolute atomic E-state index is 0.229. The lowest BCUT2D eigenvalue weighted by molar-refractivity contribution is -0.141. The first-order valence-corrected chi connectivity index (χ1v) is 6.25. The number of alkyl halides is 3. The second kappa shape index (κ2) is 5.26. The summed E-state index contributed by atoms with van der Waals surface area (Å²) in [6, 6.07) is 2.04. The third-order valence-corrected chi connectivity index (χ3v) is 3.47. The zero-order chi connectivity index (χ0) is 14.1. The minimum Gasteiger partial charge on any atom is -0.385 e. The van der Waals surface area contributed by atoms with E-state index in [1.807, 2.05) is 0 Å². The van der Waals surface area contributed by atoms with Crippen LogP contribution in [0.4, 0.5) is 13.2 Å². The number of aromatic nitrogens is 1. The van der Waals surface area contributed by atoms with E-state index in [9.17, 15) is 18.3 Å². The number of aliphatic hydroxyl groups is 1. The van der Waals surface area contributed by atoms with Gasteiger partial charge in [0.15, 0.2) is 0 Å². The van der Waals surface area contributed by atoms with E-state index in [0.29, 0.717) is 32.5 Å². The molecule has 1 aromatic rings. The van der Waals surface area contributed by atoms with Crippen molar-refractivity contribution in [3.05, 3.63) is 28.5 Å².